The van der Waals surface area contributed by atoms with Crippen molar-refractivity contribution in [2.75, 3.05) is 40.3 Å². The van der Waals surface area contributed by atoms with Gasteiger partial charge in [0.25, 0.3) is 5.91 Å². The molecule has 1 atom stereocenters. The highest BCUT2D eigenvalue weighted by molar-refractivity contribution is 8.16. The molecule has 4 rings (SSSR count). The van der Waals surface area contributed by atoms with Crippen molar-refractivity contribution in [2.45, 2.75) is 33.2 Å². The minimum Gasteiger partial charge on any atom is -0.457 e. The lowest BCUT2D eigenvalue weighted by Crippen LogP contribution is -2.42. The van der Waals surface area contributed by atoms with Gasteiger partial charge in [-0.2, -0.15) is 0 Å². The Morgan fingerprint density at radius 2 is 1.77 bits per heavy atom. The largest absolute Gasteiger partial charge is 0.457 e. The Bertz CT molecular complexity index is 1280. The fourth-order valence-corrected chi connectivity index (χ4v) is 5.62. The Balaban J connectivity index is 1.70. The van der Waals surface area contributed by atoms with E-state index in [1.54, 1.807) is 0 Å². The van der Waals surface area contributed by atoms with Gasteiger partial charge in [-0.25, -0.2) is 4.99 Å². The first-order valence-corrected chi connectivity index (χ1v) is 14.2. The molecule has 2 aromatic carbocycles. The normalized spacial score (nSPS) is 16.6. The third-order valence-electron chi connectivity index (χ3n) is 6.66. The first-order valence-electron chi connectivity index (χ1n) is 13.3. The molecule has 0 saturated heterocycles. The molecule has 1 N–H and O–H groups in total. The highest BCUT2D eigenvalue weighted by atomic mass is 32.2. The molecular formula is C30H37N5O3S. The van der Waals surface area contributed by atoms with Crippen molar-refractivity contribution < 1.29 is 14.3 Å². The van der Waals surface area contributed by atoms with Gasteiger partial charge in [0.15, 0.2) is 5.17 Å². The number of carbonyl (C=O) groups is 2. The van der Waals surface area contributed by atoms with Gasteiger partial charge in [-0.05, 0) is 70.1 Å². The van der Waals surface area contributed by atoms with Crippen molar-refractivity contribution in [1.29, 1.82) is 0 Å². The van der Waals surface area contributed by atoms with E-state index in [1.165, 1.54) is 11.8 Å². The zero-order valence-electron chi connectivity index (χ0n) is 23.3. The van der Waals surface area contributed by atoms with Crippen molar-refractivity contribution in [1.82, 2.24) is 20.0 Å². The SMILES string of the molecule is CCN(CC)C(=O)C1=C(C)N=C2SC=C(CC(=O)NCCN(C)C)N2[C@H]1c1cccc(Oc2ccccc2)c1. The fourth-order valence-electron chi connectivity index (χ4n) is 4.66. The zero-order valence-corrected chi connectivity index (χ0v) is 24.1. The highest BCUT2D eigenvalue weighted by Crippen LogP contribution is 2.45. The maximum Gasteiger partial charge on any atom is 0.254 e. The molecule has 2 amide bonds. The Labute approximate surface area is 235 Å². The van der Waals surface area contributed by atoms with Gasteiger partial charge in [-0.1, -0.05) is 42.1 Å². The van der Waals surface area contributed by atoms with Crippen LogP contribution in [-0.2, 0) is 9.59 Å². The Morgan fingerprint density at radius 1 is 1.05 bits per heavy atom. The van der Waals surface area contributed by atoms with Crippen LogP contribution < -0.4 is 10.1 Å². The van der Waals surface area contributed by atoms with E-state index in [2.05, 4.69) is 5.32 Å². The Kier molecular flexibility index (Phi) is 9.48. The lowest BCUT2D eigenvalue weighted by atomic mass is 9.92. The molecule has 0 unspecified atom stereocenters. The number of carbonyl (C=O) groups excluding carboxylic acids is 2. The molecule has 2 aromatic rings. The number of benzene rings is 2. The molecule has 0 aliphatic carbocycles. The van der Waals surface area contributed by atoms with E-state index >= 15 is 0 Å². The van der Waals surface area contributed by atoms with E-state index in [0.717, 1.165) is 28.7 Å². The zero-order chi connectivity index (χ0) is 27.9. The van der Waals surface area contributed by atoms with Crippen molar-refractivity contribution in [3.63, 3.8) is 0 Å². The van der Waals surface area contributed by atoms with E-state index in [0.29, 0.717) is 36.7 Å². The van der Waals surface area contributed by atoms with Crippen LogP contribution in [-0.4, -0.2) is 72.0 Å². The van der Waals surface area contributed by atoms with E-state index in [-0.39, 0.29) is 18.2 Å². The Hall–Kier alpha value is -3.56. The van der Waals surface area contributed by atoms with Gasteiger partial charge in [-0.15, -0.1) is 0 Å². The predicted molar refractivity (Wildman–Crippen MR) is 157 cm³/mol. The topological polar surface area (TPSA) is 77.5 Å². The Morgan fingerprint density at radius 3 is 2.46 bits per heavy atom. The molecule has 0 bridgehead atoms. The van der Waals surface area contributed by atoms with Gasteiger partial charge >= 0.3 is 0 Å². The lowest BCUT2D eigenvalue weighted by molar-refractivity contribution is -0.127. The number of nitrogens with one attached hydrogen (secondary N) is 1. The standard InChI is InChI=1S/C30H37N5O3S/c1-6-34(7-2)29(37)27-21(3)32-30-35(23(20-39-30)19-26(36)31-16-17-33(4)5)28(27)22-12-11-15-25(18-22)38-24-13-9-8-10-14-24/h8-15,18,20,28H,6-7,16-17,19H2,1-5H3,(H,31,36)/t28-/m0/s1. The molecule has 0 aromatic heterocycles. The minimum absolute atomic E-state index is 0.0497. The monoisotopic (exact) mass is 547 g/mol. The first-order chi connectivity index (χ1) is 18.8. The summed E-state index contributed by atoms with van der Waals surface area (Å²) in [6.07, 6.45) is 0.196. The van der Waals surface area contributed by atoms with Crippen LogP contribution >= 0.6 is 11.8 Å². The summed E-state index contributed by atoms with van der Waals surface area (Å²) >= 11 is 1.48. The number of rotatable bonds is 11. The average Bonchev–Trinajstić information content (AvgIpc) is 3.30. The van der Waals surface area contributed by atoms with Gasteiger partial charge in [0.2, 0.25) is 5.91 Å². The van der Waals surface area contributed by atoms with Gasteiger partial charge in [-0.3, -0.25) is 9.59 Å². The third kappa shape index (κ3) is 6.72. The number of para-hydroxylation sites is 1. The van der Waals surface area contributed by atoms with Crippen molar-refractivity contribution in [3.8, 4) is 11.5 Å². The molecule has 2 heterocycles. The van der Waals surface area contributed by atoms with Crippen LogP contribution in [0.4, 0.5) is 0 Å². The van der Waals surface area contributed by atoms with Crippen LogP contribution in [0.2, 0.25) is 0 Å². The summed E-state index contributed by atoms with van der Waals surface area (Å²) in [5.41, 5.74) is 3.01. The predicted octanol–water partition coefficient (Wildman–Crippen LogP) is 4.99. The number of likely N-dealkylation sites (N-methyl/N-ethyl adjacent to an activating group) is 2. The van der Waals surface area contributed by atoms with Crippen molar-refractivity contribution in [3.05, 3.63) is 82.5 Å². The number of amidine groups is 1. The molecular weight excluding hydrogens is 510 g/mol. The smallest absolute Gasteiger partial charge is 0.254 e. The summed E-state index contributed by atoms with van der Waals surface area (Å²) in [7, 11) is 3.95. The van der Waals surface area contributed by atoms with Gasteiger partial charge in [0, 0.05) is 31.9 Å². The summed E-state index contributed by atoms with van der Waals surface area (Å²) in [5.74, 6) is 1.30. The highest BCUT2D eigenvalue weighted by Gasteiger charge is 2.41. The van der Waals surface area contributed by atoms with Crippen LogP contribution in [0, 0.1) is 0 Å². The molecule has 2 aliphatic rings. The molecule has 39 heavy (non-hydrogen) atoms. The first kappa shape index (κ1) is 28.4. The number of allylic oxidation sites excluding steroid dienone is 1. The van der Waals surface area contributed by atoms with E-state index < -0.39 is 6.04 Å². The second-order valence-electron chi connectivity index (χ2n) is 9.69. The fraction of sp³-hybridized carbons (Fsp3) is 0.367. The van der Waals surface area contributed by atoms with E-state index in [9.17, 15) is 9.59 Å². The summed E-state index contributed by atoms with van der Waals surface area (Å²) in [5, 5.41) is 5.74. The molecule has 9 heteroatoms. The van der Waals surface area contributed by atoms with E-state index in [1.807, 2.05) is 110 Å². The maximum absolute atomic E-state index is 13.9. The van der Waals surface area contributed by atoms with Crippen LogP contribution in [0.5, 0.6) is 11.5 Å². The molecule has 2 aliphatic heterocycles. The number of hydrogen-bond donors (Lipinski definition) is 1. The number of amides is 2. The van der Waals surface area contributed by atoms with Crippen LogP contribution in [0.25, 0.3) is 0 Å². The van der Waals surface area contributed by atoms with Crippen LogP contribution in [0.1, 0.15) is 38.8 Å². The summed E-state index contributed by atoms with van der Waals surface area (Å²) in [6, 6.07) is 17.0. The second-order valence-corrected chi connectivity index (χ2v) is 10.5. The summed E-state index contributed by atoms with van der Waals surface area (Å²) < 4.78 is 6.14. The summed E-state index contributed by atoms with van der Waals surface area (Å²) in [4.78, 5) is 37.5. The van der Waals surface area contributed by atoms with Gasteiger partial charge in [0.05, 0.1) is 23.7 Å². The number of ether oxygens (including phenoxy) is 1. The minimum atomic E-state index is -0.444. The number of fused-ring (bicyclic) bond motifs is 1. The van der Waals surface area contributed by atoms with Crippen molar-refractivity contribution >= 4 is 28.7 Å². The summed E-state index contributed by atoms with van der Waals surface area (Å²) in [6.45, 7) is 8.37. The number of hydrogen-bond acceptors (Lipinski definition) is 7. The molecule has 0 fully saturated rings. The van der Waals surface area contributed by atoms with Crippen molar-refractivity contribution in [2.24, 2.45) is 4.99 Å². The molecule has 0 saturated carbocycles. The molecule has 206 valence electrons. The van der Waals surface area contributed by atoms with E-state index in [4.69, 9.17) is 9.73 Å². The second kappa shape index (κ2) is 13.0. The van der Waals surface area contributed by atoms with Gasteiger partial charge in [0.1, 0.15) is 11.5 Å². The molecule has 0 spiro atoms. The van der Waals surface area contributed by atoms with Gasteiger partial charge < -0.3 is 24.8 Å². The maximum atomic E-state index is 13.9. The number of thioether (sulfide) groups is 1. The number of aliphatic imine (C=N–C) groups is 1. The lowest BCUT2D eigenvalue weighted by Gasteiger charge is -2.38. The molecule has 8 nitrogen and oxygen atoms in total. The third-order valence-corrected chi connectivity index (χ3v) is 7.55. The van der Waals surface area contributed by atoms with Crippen LogP contribution in [0.15, 0.2) is 82.0 Å². The molecule has 0 radical (unpaired) electrons. The van der Waals surface area contributed by atoms with Crippen LogP contribution in [0.3, 0.4) is 0 Å². The number of nitrogens with zero attached hydrogens (tertiary/aromatic N) is 4. The average molecular weight is 548 g/mol. The quantitative estimate of drug-likeness (QED) is 0.427.